The molecule has 1 heterocycles. The molecule has 0 radical (unpaired) electrons. The Morgan fingerprint density at radius 2 is 2.14 bits per heavy atom. The molecule has 7 heteroatoms. The van der Waals surface area contributed by atoms with Crippen LogP contribution >= 0.6 is 23.7 Å². The molecule has 21 heavy (non-hydrogen) atoms. The van der Waals surface area contributed by atoms with Crippen molar-refractivity contribution in [1.82, 2.24) is 9.88 Å². The van der Waals surface area contributed by atoms with Crippen LogP contribution in [0.2, 0.25) is 0 Å². The normalized spacial score (nSPS) is 10.0. The Labute approximate surface area is 133 Å². The summed E-state index contributed by atoms with van der Waals surface area (Å²) in [7, 11) is 1.64. The van der Waals surface area contributed by atoms with E-state index >= 15 is 0 Å². The lowest BCUT2D eigenvalue weighted by Crippen LogP contribution is -2.27. The third kappa shape index (κ3) is 4.49. The second-order valence-corrected chi connectivity index (χ2v) is 5.36. The summed E-state index contributed by atoms with van der Waals surface area (Å²) in [6.45, 7) is 0.724. The minimum absolute atomic E-state index is 0. The summed E-state index contributed by atoms with van der Waals surface area (Å²) in [5.74, 6) is -0.526. The highest BCUT2D eigenvalue weighted by atomic mass is 35.5. The van der Waals surface area contributed by atoms with Crippen molar-refractivity contribution < 1.29 is 9.18 Å². The standard InChI is InChI=1S/C14H16FN3OS.ClH/c1-18(8-10-4-2-3-5-11(10)15)14(19)12-9-20-13(17-12)6-7-16;/h2-5,9H,6-8,16H2,1H3;1H. The molecule has 0 unspecified atom stereocenters. The fraction of sp³-hybridized carbons (Fsp3) is 0.286. The van der Waals surface area contributed by atoms with Crippen molar-refractivity contribution in [3.63, 3.8) is 0 Å². The van der Waals surface area contributed by atoms with Crippen LogP contribution in [-0.2, 0) is 13.0 Å². The first-order valence-corrected chi connectivity index (χ1v) is 7.13. The van der Waals surface area contributed by atoms with Gasteiger partial charge in [-0.15, -0.1) is 23.7 Å². The monoisotopic (exact) mass is 329 g/mol. The Kier molecular flexibility index (Phi) is 6.74. The average Bonchev–Trinajstić information content (AvgIpc) is 2.89. The van der Waals surface area contributed by atoms with Crippen molar-refractivity contribution in [3.8, 4) is 0 Å². The molecule has 0 aliphatic heterocycles. The number of benzene rings is 1. The van der Waals surface area contributed by atoms with Gasteiger partial charge in [-0.1, -0.05) is 18.2 Å². The molecule has 4 nitrogen and oxygen atoms in total. The van der Waals surface area contributed by atoms with E-state index in [0.717, 1.165) is 5.01 Å². The Morgan fingerprint density at radius 3 is 2.81 bits per heavy atom. The molecular formula is C14H17ClFN3OS. The molecule has 0 bridgehead atoms. The van der Waals surface area contributed by atoms with Crippen LogP contribution in [0, 0.1) is 5.82 Å². The molecule has 0 spiro atoms. The second kappa shape index (κ2) is 8.07. The van der Waals surface area contributed by atoms with Crippen LogP contribution in [0.15, 0.2) is 29.6 Å². The lowest BCUT2D eigenvalue weighted by Gasteiger charge is -2.16. The predicted molar refractivity (Wildman–Crippen MR) is 84.3 cm³/mol. The van der Waals surface area contributed by atoms with Gasteiger partial charge in [0, 0.05) is 31.0 Å². The zero-order valence-electron chi connectivity index (χ0n) is 11.6. The molecule has 2 rings (SSSR count). The van der Waals surface area contributed by atoms with Crippen LogP contribution < -0.4 is 5.73 Å². The maximum absolute atomic E-state index is 13.6. The van der Waals surface area contributed by atoms with E-state index in [0.29, 0.717) is 24.2 Å². The number of thiazole rings is 1. The summed E-state index contributed by atoms with van der Waals surface area (Å²) < 4.78 is 13.6. The van der Waals surface area contributed by atoms with Gasteiger partial charge in [-0.25, -0.2) is 9.37 Å². The van der Waals surface area contributed by atoms with Gasteiger partial charge in [0.1, 0.15) is 11.5 Å². The number of hydrogen-bond acceptors (Lipinski definition) is 4. The van der Waals surface area contributed by atoms with Crippen molar-refractivity contribution in [1.29, 1.82) is 0 Å². The lowest BCUT2D eigenvalue weighted by atomic mass is 10.2. The topological polar surface area (TPSA) is 59.2 Å². The molecule has 1 aromatic carbocycles. The molecular weight excluding hydrogens is 313 g/mol. The molecule has 0 fully saturated rings. The summed E-state index contributed by atoms with van der Waals surface area (Å²) in [6, 6.07) is 6.43. The number of nitrogens with two attached hydrogens (primary N) is 1. The molecule has 0 saturated heterocycles. The van der Waals surface area contributed by atoms with Crippen molar-refractivity contribution in [3.05, 3.63) is 51.7 Å². The maximum Gasteiger partial charge on any atom is 0.273 e. The van der Waals surface area contributed by atoms with Crippen LogP contribution in [-0.4, -0.2) is 29.4 Å². The Morgan fingerprint density at radius 1 is 1.43 bits per heavy atom. The van der Waals surface area contributed by atoms with Crippen LogP contribution in [0.5, 0.6) is 0 Å². The number of amides is 1. The summed E-state index contributed by atoms with van der Waals surface area (Å²) in [6.07, 6.45) is 0.662. The number of hydrogen-bond donors (Lipinski definition) is 1. The molecule has 1 amide bonds. The maximum atomic E-state index is 13.6. The molecule has 0 aliphatic carbocycles. The Bertz CT molecular complexity index is 605. The van der Waals surface area contributed by atoms with Gasteiger partial charge in [-0.2, -0.15) is 0 Å². The van der Waals surface area contributed by atoms with Crippen LogP contribution in [0.3, 0.4) is 0 Å². The molecule has 2 aromatic rings. The first kappa shape index (κ1) is 17.6. The Hall–Kier alpha value is -1.50. The minimum atomic E-state index is -0.311. The van der Waals surface area contributed by atoms with E-state index in [1.165, 1.54) is 22.3 Å². The molecule has 114 valence electrons. The minimum Gasteiger partial charge on any atom is -0.336 e. The van der Waals surface area contributed by atoms with Gasteiger partial charge in [0.2, 0.25) is 0 Å². The van der Waals surface area contributed by atoms with Crippen molar-refractivity contribution >= 4 is 29.7 Å². The fourth-order valence-corrected chi connectivity index (χ4v) is 2.58. The summed E-state index contributed by atoms with van der Waals surface area (Å²) in [4.78, 5) is 17.9. The van der Waals surface area contributed by atoms with Gasteiger partial charge in [-0.05, 0) is 12.6 Å². The van der Waals surface area contributed by atoms with Gasteiger partial charge >= 0.3 is 0 Å². The number of nitrogens with zero attached hydrogens (tertiary/aromatic N) is 2. The number of carbonyl (C=O) groups is 1. The van der Waals surface area contributed by atoms with Crippen molar-refractivity contribution in [2.75, 3.05) is 13.6 Å². The molecule has 1 aromatic heterocycles. The third-order valence-electron chi connectivity index (χ3n) is 2.84. The highest BCUT2D eigenvalue weighted by Gasteiger charge is 2.16. The van der Waals surface area contributed by atoms with Gasteiger partial charge in [0.05, 0.1) is 5.01 Å². The van der Waals surface area contributed by atoms with Crippen LogP contribution in [0.25, 0.3) is 0 Å². The zero-order valence-corrected chi connectivity index (χ0v) is 13.2. The van der Waals surface area contributed by atoms with Gasteiger partial charge in [0.15, 0.2) is 0 Å². The van der Waals surface area contributed by atoms with Crippen molar-refractivity contribution in [2.24, 2.45) is 5.73 Å². The third-order valence-corrected chi connectivity index (χ3v) is 3.75. The summed E-state index contributed by atoms with van der Waals surface area (Å²) in [5, 5.41) is 2.56. The van der Waals surface area contributed by atoms with E-state index in [9.17, 15) is 9.18 Å². The lowest BCUT2D eigenvalue weighted by molar-refractivity contribution is 0.0778. The second-order valence-electron chi connectivity index (χ2n) is 4.42. The predicted octanol–water partition coefficient (Wildman–Crippen LogP) is 2.48. The van der Waals surface area contributed by atoms with E-state index in [1.54, 1.807) is 30.6 Å². The SMILES string of the molecule is CN(Cc1ccccc1F)C(=O)c1csc(CCN)n1.Cl. The summed E-state index contributed by atoms with van der Waals surface area (Å²) in [5.41, 5.74) is 6.33. The summed E-state index contributed by atoms with van der Waals surface area (Å²) >= 11 is 1.42. The van der Waals surface area contributed by atoms with E-state index in [4.69, 9.17) is 5.73 Å². The first-order valence-electron chi connectivity index (χ1n) is 6.25. The van der Waals surface area contributed by atoms with Crippen molar-refractivity contribution in [2.45, 2.75) is 13.0 Å². The molecule has 0 saturated carbocycles. The average molecular weight is 330 g/mol. The largest absolute Gasteiger partial charge is 0.336 e. The molecule has 2 N–H and O–H groups in total. The highest BCUT2D eigenvalue weighted by molar-refractivity contribution is 7.09. The smallest absolute Gasteiger partial charge is 0.273 e. The number of carbonyl (C=O) groups excluding carboxylic acids is 1. The van der Waals surface area contributed by atoms with E-state index in [1.807, 2.05) is 0 Å². The van der Waals surface area contributed by atoms with Crippen LogP contribution in [0.4, 0.5) is 4.39 Å². The van der Waals surface area contributed by atoms with Gasteiger partial charge < -0.3 is 10.6 Å². The van der Waals surface area contributed by atoms with E-state index in [2.05, 4.69) is 4.98 Å². The molecule has 0 atom stereocenters. The van der Waals surface area contributed by atoms with E-state index in [-0.39, 0.29) is 30.7 Å². The highest BCUT2D eigenvalue weighted by Crippen LogP contribution is 2.14. The zero-order chi connectivity index (χ0) is 14.5. The van der Waals surface area contributed by atoms with E-state index < -0.39 is 0 Å². The Balaban J connectivity index is 0.00000220. The molecule has 0 aliphatic rings. The fourth-order valence-electron chi connectivity index (χ4n) is 1.80. The van der Waals surface area contributed by atoms with Gasteiger partial charge in [0.25, 0.3) is 5.91 Å². The quantitative estimate of drug-likeness (QED) is 0.916. The van der Waals surface area contributed by atoms with Gasteiger partial charge in [-0.3, -0.25) is 4.79 Å². The number of aromatic nitrogens is 1. The first-order chi connectivity index (χ1) is 9.61. The number of halogens is 2. The number of rotatable bonds is 5. The van der Waals surface area contributed by atoms with Crippen LogP contribution in [0.1, 0.15) is 21.1 Å².